The Balaban J connectivity index is 1.84. The molecular formula is C17H20N2O. The first-order valence-electron chi connectivity index (χ1n) is 7.02. The molecule has 0 unspecified atom stereocenters. The Labute approximate surface area is 120 Å². The lowest BCUT2D eigenvalue weighted by molar-refractivity contribution is 0.306. The minimum absolute atomic E-state index is 0.550. The number of aryl methyl sites for hydroxylation is 1. The number of nitrogens with zero attached hydrogens (tertiary/aromatic N) is 1. The van der Waals surface area contributed by atoms with Crippen molar-refractivity contribution in [3.8, 4) is 5.75 Å². The van der Waals surface area contributed by atoms with Gasteiger partial charge in [-0.05, 0) is 30.2 Å². The minimum Gasteiger partial charge on any atom is -0.490 e. The Morgan fingerprint density at radius 2 is 1.85 bits per heavy atom. The monoisotopic (exact) mass is 268 g/mol. The normalized spacial score (nSPS) is 13.8. The van der Waals surface area contributed by atoms with Crippen molar-refractivity contribution < 1.29 is 4.74 Å². The number of hydrogen-bond acceptors (Lipinski definition) is 3. The molecule has 1 aliphatic heterocycles. The van der Waals surface area contributed by atoms with Crippen LogP contribution in [0.15, 0.2) is 42.5 Å². The fourth-order valence-corrected chi connectivity index (χ4v) is 2.53. The summed E-state index contributed by atoms with van der Waals surface area (Å²) < 4.78 is 5.76. The van der Waals surface area contributed by atoms with Gasteiger partial charge in [0.05, 0.1) is 12.2 Å². The van der Waals surface area contributed by atoms with Gasteiger partial charge in [0.2, 0.25) is 0 Å². The summed E-state index contributed by atoms with van der Waals surface area (Å²) >= 11 is 0. The van der Waals surface area contributed by atoms with Crippen LogP contribution in [0.3, 0.4) is 0 Å². The molecule has 1 heterocycles. The van der Waals surface area contributed by atoms with Crippen molar-refractivity contribution in [2.45, 2.75) is 20.0 Å². The van der Waals surface area contributed by atoms with Crippen molar-refractivity contribution in [3.63, 3.8) is 0 Å². The molecule has 0 fully saturated rings. The van der Waals surface area contributed by atoms with E-state index in [9.17, 15) is 0 Å². The molecule has 3 rings (SSSR count). The zero-order valence-corrected chi connectivity index (χ0v) is 11.8. The molecule has 20 heavy (non-hydrogen) atoms. The second-order valence-corrected chi connectivity index (χ2v) is 5.26. The maximum atomic E-state index is 5.76. The summed E-state index contributed by atoms with van der Waals surface area (Å²) in [4.78, 5) is 2.36. The third-order valence-corrected chi connectivity index (χ3v) is 3.71. The van der Waals surface area contributed by atoms with E-state index >= 15 is 0 Å². The Morgan fingerprint density at radius 3 is 2.60 bits per heavy atom. The molecule has 0 spiro atoms. The van der Waals surface area contributed by atoms with Gasteiger partial charge >= 0.3 is 0 Å². The molecule has 2 aromatic rings. The lowest BCUT2D eigenvalue weighted by Crippen LogP contribution is -2.32. The maximum Gasteiger partial charge on any atom is 0.143 e. The summed E-state index contributed by atoms with van der Waals surface area (Å²) in [5.74, 6) is 0.950. The van der Waals surface area contributed by atoms with E-state index in [1.807, 2.05) is 0 Å². The van der Waals surface area contributed by atoms with E-state index in [-0.39, 0.29) is 0 Å². The molecule has 0 bridgehead atoms. The highest BCUT2D eigenvalue weighted by Gasteiger charge is 2.18. The van der Waals surface area contributed by atoms with Gasteiger partial charge in [0.15, 0.2) is 0 Å². The fourth-order valence-electron chi connectivity index (χ4n) is 2.53. The molecule has 104 valence electrons. The molecule has 0 aliphatic carbocycles. The maximum absolute atomic E-state index is 5.76. The number of anilines is 1. The first-order chi connectivity index (χ1) is 9.76. The van der Waals surface area contributed by atoms with Crippen molar-refractivity contribution in [2.75, 3.05) is 18.1 Å². The van der Waals surface area contributed by atoms with Gasteiger partial charge < -0.3 is 15.4 Å². The SMILES string of the molecule is Cc1ccc(CN2CCOc3cc(CN)ccc32)cc1. The van der Waals surface area contributed by atoms with Crippen LogP contribution < -0.4 is 15.4 Å². The van der Waals surface area contributed by atoms with E-state index in [1.54, 1.807) is 0 Å². The summed E-state index contributed by atoms with van der Waals surface area (Å²) in [6.07, 6.45) is 0. The van der Waals surface area contributed by atoms with Crippen LogP contribution in [0.5, 0.6) is 5.75 Å². The largest absolute Gasteiger partial charge is 0.490 e. The number of hydrogen-bond donors (Lipinski definition) is 1. The van der Waals surface area contributed by atoms with Gasteiger partial charge in [-0.1, -0.05) is 35.9 Å². The first kappa shape index (κ1) is 13.0. The quantitative estimate of drug-likeness (QED) is 0.930. The van der Waals surface area contributed by atoms with Crippen LogP contribution in [0.2, 0.25) is 0 Å². The average Bonchev–Trinajstić information content (AvgIpc) is 2.49. The molecule has 0 aromatic heterocycles. The standard InChI is InChI=1S/C17H20N2O/c1-13-2-4-14(5-3-13)12-19-8-9-20-17-10-15(11-18)6-7-16(17)19/h2-7,10H,8-9,11-12,18H2,1H3. The highest BCUT2D eigenvalue weighted by Crippen LogP contribution is 2.33. The number of benzene rings is 2. The molecular weight excluding hydrogens is 248 g/mol. The van der Waals surface area contributed by atoms with Crippen LogP contribution in [0.1, 0.15) is 16.7 Å². The Kier molecular flexibility index (Phi) is 3.61. The van der Waals surface area contributed by atoms with Crippen molar-refractivity contribution in [1.82, 2.24) is 0 Å². The van der Waals surface area contributed by atoms with E-state index in [1.165, 1.54) is 11.1 Å². The van der Waals surface area contributed by atoms with E-state index in [2.05, 4.69) is 54.3 Å². The van der Waals surface area contributed by atoms with Crippen molar-refractivity contribution in [2.24, 2.45) is 5.73 Å². The lowest BCUT2D eigenvalue weighted by atomic mass is 10.1. The van der Waals surface area contributed by atoms with E-state index in [0.717, 1.165) is 36.7 Å². The Bertz CT molecular complexity index is 592. The van der Waals surface area contributed by atoms with E-state index in [4.69, 9.17) is 10.5 Å². The summed E-state index contributed by atoms with van der Waals surface area (Å²) in [6.45, 7) is 5.23. The van der Waals surface area contributed by atoms with Gasteiger partial charge in [0.1, 0.15) is 12.4 Å². The van der Waals surface area contributed by atoms with Crippen LogP contribution in [0, 0.1) is 6.92 Å². The smallest absolute Gasteiger partial charge is 0.143 e. The molecule has 0 amide bonds. The average molecular weight is 268 g/mol. The molecule has 0 saturated heterocycles. The third kappa shape index (κ3) is 2.63. The van der Waals surface area contributed by atoms with Gasteiger partial charge in [0, 0.05) is 13.1 Å². The van der Waals surface area contributed by atoms with Crippen molar-refractivity contribution >= 4 is 5.69 Å². The third-order valence-electron chi connectivity index (χ3n) is 3.71. The molecule has 0 radical (unpaired) electrons. The van der Waals surface area contributed by atoms with E-state index in [0.29, 0.717) is 6.54 Å². The Morgan fingerprint density at radius 1 is 1.10 bits per heavy atom. The summed E-state index contributed by atoms with van der Waals surface area (Å²) in [5, 5.41) is 0. The highest BCUT2D eigenvalue weighted by molar-refractivity contribution is 5.61. The minimum atomic E-state index is 0.550. The van der Waals surface area contributed by atoms with Crippen LogP contribution in [-0.2, 0) is 13.1 Å². The van der Waals surface area contributed by atoms with Crippen LogP contribution in [-0.4, -0.2) is 13.2 Å². The summed E-state index contributed by atoms with van der Waals surface area (Å²) in [5.41, 5.74) is 10.6. The molecule has 2 aromatic carbocycles. The second-order valence-electron chi connectivity index (χ2n) is 5.26. The topological polar surface area (TPSA) is 38.5 Å². The zero-order chi connectivity index (χ0) is 13.9. The van der Waals surface area contributed by atoms with Crippen LogP contribution in [0.25, 0.3) is 0 Å². The zero-order valence-electron chi connectivity index (χ0n) is 11.8. The Hall–Kier alpha value is -2.00. The van der Waals surface area contributed by atoms with Gasteiger partial charge in [-0.15, -0.1) is 0 Å². The van der Waals surface area contributed by atoms with Gasteiger partial charge in [0.25, 0.3) is 0 Å². The van der Waals surface area contributed by atoms with Crippen LogP contribution >= 0.6 is 0 Å². The molecule has 1 aliphatic rings. The van der Waals surface area contributed by atoms with Crippen molar-refractivity contribution in [3.05, 3.63) is 59.2 Å². The summed E-state index contributed by atoms with van der Waals surface area (Å²) in [6, 6.07) is 15.0. The predicted octanol–water partition coefficient (Wildman–Crippen LogP) is 2.85. The van der Waals surface area contributed by atoms with Crippen molar-refractivity contribution in [1.29, 1.82) is 0 Å². The summed E-state index contributed by atoms with van der Waals surface area (Å²) in [7, 11) is 0. The molecule has 3 nitrogen and oxygen atoms in total. The second kappa shape index (κ2) is 5.55. The molecule has 0 saturated carbocycles. The number of fused-ring (bicyclic) bond motifs is 1. The molecule has 2 N–H and O–H groups in total. The lowest BCUT2D eigenvalue weighted by Gasteiger charge is -2.31. The number of ether oxygens (including phenoxy) is 1. The van der Waals surface area contributed by atoms with E-state index < -0.39 is 0 Å². The van der Waals surface area contributed by atoms with Gasteiger partial charge in [-0.2, -0.15) is 0 Å². The predicted molar refractivity (Wildman–Crippen MR) is 82.1 cm³/mol. The highest BCUT2D eigenvalue weighted by atomic mass is 16.5. The first-order valence-corrected chi connectivity index (χ1v) is 7.02. The number of rotatable bonds is 3. The van der Waals surface area contributed by atoms with Gasteiger partial charge in [-0.25, -0.2) is 0 Å². The molecule has 3 heteroatoms. The molecule has 0 atom stereocenters. The fraction of sp³-hybridized carbons (Fsp3) is 0.294. The van der Waals surface area contributed by atoms with Crippen LogP contribution in [0.4, 0.5) is 5.69 Å². The number of nitrogens with two attached hydrogens (primary N) is 1. The van der Waals surface area contributed by atoms with Gasteiger partial charge in [-0.3, -0.25) is 0 Å².